The van der Waals surface area contributed by atoms with Gasteiger partial charge in [-0.2, -0.15) is 0 Å². The van der Waals surface area contributed by atoms with Crippen LogP contribution in [-0.4, -0.2) is 14.5 Å². The van der Waals surface area contributed by atoms with Crippen molar-refractivity contribution in [3.05, 3.63) is 28.8 Å². The van der Waals surface area contributed by atoms with Crippen molar-refractivity contribution >= 4 is 21.7 Å². The molecule has 0 unspecified atom stereocenters. The van der Waals surface area contributed by atoms with E-state index in [4.69, 9.17) is 5.73 Å². The summed E-state index contributed by atoms with van der Waals surface area (Å²) in [6.07, 6.45) is 6.70. The second-order valence-electron chi connectivity index (χ2n) is 4.51. The number of aryl methyl sites for hydroxylation is 1. The monoisotopic (exact) mass is 322 g/mol. The molecular weight excluding hydrogens is 304 g/mol. The minimum absolute atomic E-state index is 0.741. The van der Waals surface area contributed by atoms with Gasteiger partial charge in [-0.3, -0.25) is 4.98 Å². The Morgan fingerprint density at radius 2 is 2.11 bits per heavy atom. The molecule has 2 aromatic heterocycles. The zero-order valence-electron chi connectivity index (χ0n) is 11.4. The highest BCUT2D eigenvalue weighted by Gasteiger charge is 2.15. The lowest BCUT2D eigenvalue weighted by Gasteiger charge is -2.07. The van der Waals surface area contributed by atoms with E-state index in [9.17, 15) is 0 Å². The smallest absolute Gasteiger partial charge is 0.131 e. The highest BCUT2D eigenvalue weighted by Crippen LogP contribution is 2.28. The van der Waals surface area contributed by atoms with Gasteiger partial charge in [0, 0.05) is 35.4 Å². The fourth-order valence-corrected chi connectivity index (χ4v) is 2.47. The number of nitrogens with two attached hydrogens (primary N) is 1. The quantitative estimate of drug-likeness (QED) is 0.914. The van der Waals surface area contributed by atoms with Crippen molar-refractivity contribution in [2.75, 3.05) is 5.73 Å². The maximum absolute atomic E-state index is 6.26. The molecule has 2 N–H and O–H groups in total. The van der Waals surface area contributed by atoms with Gasteiger partial charge in [0.05, 0.1) is 0 Å². The van der Waals surface area contributed by atoms with Crippen LogP contribution in [0, 0.1) is 0 Å². The normalized spacial score (nSPS) is 10.9. The minimum atomic E-state index is 0.741. The highest BCUT2D eigenvalue weighted by molar-refractivity contribution is 9.10. The predicted molar refractivity (Wildman–Crippen MR) is 81.9 cm³/mol. The molecule has 2 heterocycles. The number of hydrogen-bond acceptors (Lipinski definition) is 3. The lowest BCUT2D eigenvalue weighted by molar-refractivity contribution is 0.612. The number of nitrogen functional groups attached to an aromatic ring is 1. The van der Waals surface area contributed by atoms with E-state index in [1.807, 2.05) is 6.07 Å². The van der Waals surface area contributed by atoms with Crippen LogP contribution in [-0.2, 0) is 13.0 Å². The lowest BCUT2D eigenvalue weighted by atomic mass is 10.2. The summed E-state index contributed by atoms with van der Waals surface area (Å²) < 4.78 is 3.06. The fourth-order valence-electron chi connectivity index (χ4n) is 2.10. The third-order valence-corrected chi connectivity index (χ3v) is 3.55. The number of anilines is 1. The van der Waals surface area contributed by atoms with Crippen LogP contribution < -0.4 is 5.73 Å². The van der Waals surface area contributed by atoms with Gasteiger partial charge in [0.2, 0.25) is 0 Å². The molecule has 0 fully saturated rings. The third-order valence-electron chi connectivity index (χ3n) is 3.12. The number of nitrogens with zero attached hydrogens (tertiary/aromatic N) is 3. The molecule has 0 saturated heterocycles. The van der Waals surface area contributed by atoms with Gasteiger partial charge in [-0.25, -0.2) is 4.98 Å². The van der Waals surface area contributed by atoms with E-state index in [-0.39, 0.29) is 0 Å². The van der Waals surface area contributed by atoms with Crippen molar-refractivity contribution in [2.45, 2.75) is 39.7 Å². The molecule has 2 rings (SSSR count). The van der Waals surface area contributed by atoms with Crippen LogP contribution in [0.1, 0.15) is 32.5 Å². The predicted octanol–water partition coefficient (Wildman–Crippen LogP) is 3.65. The van der Waals surface area contributed by atoms with Gasteiger partial charge < -0.3 is 10.3 Å². The van der Waals surface area contributed by atoms with E-state index in [0.29, 0.717) is 0 Å². The number of rotatable bonds is 5. The highest BCUT2D eigenvalue weighted by atomic mass is 79.9. The van der Waals surface area contributed by atoms with Crippen LogP contribution in [0.4, 0.5) is 5.82 Å². The third kappa shape index (κ3) is 2.97. The van der Waals surface area contributed by atoms with Gasteiger partial charge in [0.25, 0.3) is 0 Å². The van der Waals surface area contributed by atoms with Crippen LogP contribution in [0.25, 0.3) is 11.3 Å². The van der Waals surface area contributed by atoms with E-state index >= 15 is 0 Å². The van der Waals surface area contributed by atoms with E-state index in [1.54, 1.807) is 12.4 Å². The topological polar surface area (TPSA) is 56.7 Å². The van der Waals surface area contributed by atoms with Crippen molar-refractivity contribution in [3.63, 3.8) is 0 Å². The first-order valence-electron chi connectivity index (χ1n) is 6.63. The summed E-state index contributed by atoms with van der Waals surface area (Å²) in [6, 6.07) is 2.00. The van der Waals surface area contributed by atoms with Gasteiger partial charge in [-0.05, 0) is 28.4 Å². The first-order valence-corrected chi connectivity index (χ1v) is 7.42. The second-order valence-corrected chi connectivity index (χ2v) is 5.43. The summed E-state index contributed by atoms with van der Waals surface area (Å²) in [6.45, 7) is 5.21. The molecule has 19 heavy (non-hydrogen) atoms. The number of hydrogen-bond donors (Lipinski definition) is 1. The summed E-state index contributed by atoms with van der Waals surface area (Å²) in [5.41, 5.74) is 8.05. The molecular formula is C14H19BrN4. The Morgan fingerprint density at radius 3 is 2.74 bits per heavy atom. The molecule has 0 aromatic carbocycles. The maximum Gasteiger partial charge on any atom is 0.131 e. The van der Waals surface area contributed by atoms with Gasteiger partial charge in [-0.15, -0.1) is 0 Å². The van der Waals surface area contributed by atoms with Gasteiger partial charge in [-0.1, -0.05) is 20.3 Å². The standard InChI is InChI=1S/C14H19BrN4/c1-3-5-6-19-12(4-2)18-13(14(19)16)10-7-11(15)9-17-8-10/h7-9H,3-6,16H2,1-2H3. The van der Waals surface area contributed by atoms with Crippen molar-refractivity contribution in [2.24, 2.45) is 0 Å². The van der Waals surface area contributed by atoms with Crippen LogP contribution >= 0.6 is 15.9 Å². The van der Waals surface area contributed by atoms with Crippen molar-refractivity contribution in [1.29, 1.82) is 0 Å². The van der Waals surface area contributed by atoms with Crippen molar-refractivity contribution < 1.29 is 0 Å². The van der Waals surface area contributed by atoms with Crippen molar-refractivity contribution in [1.82, 2.24) is 14.5 Å². The van der Waals surface area contributed by atoms with Gasteiger partial charge >= 0.3 is 0 Å². The second kappa shape index (κ2) is 6.19. The average Bonchev–Trinajstić information content (AvgIpc) is 2.73. The number of aromatic nitrogens is 3. The number of halogens is 1. The Balaban J connectivity index is 2.44. The van der Waals surface area contributed by atoms with Crippen molar-refractivity contribution in [3.8, 4) is 11.3 Å². The van der Waals surface area contributed by atoms with Gasteiger partial charge in [0.15, 0.2) is 0 Å². The van der Waals surface area contributed by atoms with E-state index < -0.39 is 0 Å². The summed E-state index contributed by atoms with van der Waals surface area (Å²) in [5.74, 6) is 1.78. The Hall–Kier alpha value is -1.36. The first kappa shape index (κ1) is 14.1. The molecule has 0 saturated carbocycles. The summed E-state index contributed by atoms with van der Waals surface area (Å²) in [7, 11) is 0. The number of unbranched alkanes of at least 4 members (excludes halogenated alkanes) is 1. The average molecular weight is 323 g/mol. The minimum Gasteiger partial charge on any atom is -0.383 e. The summed E-state index contributed by atoms with van der Waals surface area (Å²) in [4.78, 5) is 8.85. The lowest BCUT2D eigenvalue weighted by Crippen LogP contribution is -2.06. The molecule has 0 aliphatic carbocycles. The molecule has 2 aromatic rings. The Kier molecular flexibility index (Phi) is 4.58. The molecule has 0 amide bonds. The zero-order chi connectivity index (χ0) is 13.8. The van der Waals surface area contributed by atoms with Gasteiger partial charge in [0.1, 0.15) is 17.3 Å². The Bertz CT molecular complexity index is 563. The number of pyridine rings is 1. The molecule has 0 radical (unpaired) electrons. The largest absolute Gasteiger partial charge is 0.383 e. The Labute approximate surface area is 122 Å². The molecule has 0 aliphatic rings. The SMILES string of the molecule is CCCCn1c(CC)nc(-c2cncc(Br)c2)c1N. The molecule has 0 bridgehead atoms. The molecule has 0 spiro atoms. The van der Waals surface area contributed by atoms with E-state index in [0.717, 1.165) is 53.2 Å². The molecule has 0 atom stereocenters. The number of imidazole rings is 1. The van der Waals surface area contributed by atoms with Crippen LogP contribution in [0.2, 0.25) is 0 Å². The Morgan fingerprint density at radius 1 is 1.32 bits per heavy atom. The zero-order valence-corrected chi connectivity index (χ0v) is 12.9. The summed E-state index contributed by atoms with van der Waals surface area (Å²) in [5, 5.41) is 0. The van der Waals surface area contributed by atoms with Crippen LogP contribution in [0.5, 0.6) is 0 Å². The molecule has 0 aliphatic heterocycles. The van der Waals surface area contributed by atoms with Crippen LogP contribution in [0.15, 0.2) is 22.9 Å². The molecule has 5 heteroatoms. The summed E-state index contributed by atoms with van der Waals surface area (Å²) >= 11 is 3.43. The molecule has 102 valence electrons. The first-order chi connectivity index (χ1) is 9.17. The van der Waals surface area contributed by atoms with Crippen LogP contribution in [0.3, 0.4) is 0 Å². The molecule has 4 nitrogen and oxygen atoms in total. The van der Waals surface area contributed by atoms with E-state index in [1.165, 1.54) is 0 Å². The van der Waals surface area contributed by atoms with E-state index in [2.05, 4.69) is 44.3 Å². The fraction of sp³-hybridized carbons (Fsp3) is 0.429. The maximum atomic E-state index is 6.26.